The van der Waals surface area contributed by atoms with Crippen LogP contribution in [0.4, 0.5) is 8.78 Å². The number of benzene rings is 1. The highest BCUT2D eigenvalue weighted by molar-refractivity contribution is 7.89. The molecule has 5 nitrogen and oxygen atoms in total. The van der Waals surface area contributed by atoms with Crippen molar-refractivity contribution in [3.05, 3.63) is 29.8 Å². The van der Waals surface area contributed by atoms with Gasteiger partial charge in [0.2, 0.25) is 15.9 Å². The van der Waals surface area contributed by atoms with Gasteiger partial charge in [-0.2, -0.15) is 4.31 Å². The lowest BCUT2D eigenvalue weighted by molar-refractivity contribution is -0.118. The van der Waals surface area contributed by atoms with E-state index in [1.54, 1.807) is 0 Å². The second-order valence-electron chi connectivity index (χ2n) is 3.30. The van der Waals surface area contributed by atoms with Gasteiger partial charge in [-0.25, -0.2) is 17.2 Å². The molecule has 0 fully saturated rings. The molecule has 0 heterocycles. The van der Waals surface area contributed by atoms with Crippen LogP contribution in [0.1, 0.15) is 0 Å². The molecule has 94 valence electrons. The molecule has 0 unspecified atom stereocenters. The van der Waals surface area contributed by atoms with E-state index < -0.39 is 39.0 Å². The summed E-state index contributed by atoms with van der Waals surface area (Å²) in [5.41, 5.74) is 4.83. The smallest absolute Gasteiger partial charge is 0.246 e. The molecule has 1 amide bonds. The average molecular weight is 264 g/mol. The topological polar surface area (TPSA) is 80.5 Å². The number of primary amides is 1. The van der Waals surface area contributed by atoms with Crippen LogP contribution < -0.4 is 5.73 Å². The number of hydrogen-bond donors (Lipinski definition) is 1. The van der Waals surface area contributed by atoms with E-state index in [0.717, 1.165) is 19.2 Å². The zero-order valence-electron chi connectivity index (χ0n) is 8.85. The molecule has 0 bridgehead atoms. The standard InChI is InChI=1S/C9H10F2N2O3S/c1-13(5-9(12)14)17(15,16)8-3-2-6(10)4-7(8)11/h2-4H,5H2,1H3,(H2,12,14). The van der Waals surface area contributed by atoms with Gasteiger partial charge in [-0.3, -0.25) is 4.79 Å². The predicted molar refractivity (Wildman–Crippen MR) is 55.4 cm³/mol. The highest BCUT2D eigenvalue weighted by atomic mass is 32.2. The Bertz CT molecular complexity index is 545. The van der Waals surface area contributed by atoms with E-state index in [0.29, 0.717) is 10.4 Å². The highest BCUT2D eigenvalue weighted by Gasteiger charge is 2.25. The number of nitrogens with zero attached hydrogens (tertiary/aromatic N) is 1. The molecule has 17 heavy (non-hydrogen) atoms. The summed E-state index contributed by atoms with van der Waals surface area (Å²) in [6.07, 6.45) is 0. The molecule has 0 atom stereocenters. The van der Waals surface area contributed by atoms with Crippen LogP contribution in [-0.2, 0) is 14.8 Å². The molecule has 1 aromatic carbocycles. The molecule has 1 aromatic rings. The summed E-state index contributed by atoms with van der Waals surface area (Å²) < 4.78 is 50.0. The number of nitrogens with two attached hydrogens (primary N) is 1. The second kappa shape index (κ2) is 4.76. The van der Waals surface area contributed by atoms with Crippen LogP contribution in [0.3, 0.4) is 0 Å². The minimum atomic E-state index is -4.19. The van der Waals surface area contributed by atoms with E-state index in [1.165, 1.54) is 0 Å². The third-order valence-electron chi connectivity index (χ3n) is 1.96. The lowest BCUT2D eigenvalue weighted by atomic mass is 10.3. The fourth-order valence-corrected chi connectivity index (χ4v) is 2.34. The quantitative estimate of drug-likeness (QED) is 0.835. The van der Waals surface area contributed by atoms with Gasteiger partial charge >= 0.3 is 0 Å². The summed E-state index contributed by atoms with van der Waals surface area (Å²) in [5.74, 6) is -2.99. The van der Waals surface area contributed by atoms with Gasteiger partial charge in [0.05, 0.1) is 6.54 Å². The minimum absolute atomic E-state index is 0.449. The van der Waals surface area contributed by atoms with Crippen LogP contribution in [0.25, 0.3) is 0 Å². The van der Waals surface area contributed by atoms with Crippen LogP contribution in [-0.4, -0.2) is 32.2 Å². The Hall–Kier alpha value is -1.54. The molecule has 2 N–H and O–H groups in total. The first kappa shape index (κ1) is 13.5. The van der Waals surface area contributed by atoms with Crippen molar-refractivity contribution < 1.29 is 22.0 Å². The number of halogens is 2. The number of amides is 1. The lowest BCUT2D eigenvalue weighted by Crippen LogP contribution is -2.35. The van der Waals surface area contributed by atoms with Crippen molar-refractivity contribution in [3.8, 4) is 0 Å². The van der Waals surface area contributed by atoms with Gasteiger partial charge < -0.3 is 5.73 Å². The van der Waals surface area contributed by atoms with Crippen LogP contribution in [0.15, 0.2) is 23.1 Å². The van der Waals surface area contributed by atoms with Crippen molar-refractivity contribution in [1.82, 2.24) is 4.31 Å². The maximum Gasteiger partial charge on any atom is 0.246 e. The van der Waals surface area contributed by atoms with Gasteiger partial charge in [-0.05, 0) is 12.1 Å². The molecular weight excluding hydrogens is 254 g/mol. The van der Waals surface area contributed by atoms with Crippen molar-refractivity contribution in [1.29, 1.82) is 0 Å². The third kappa shape index (κ3) is 2.98. The van der Waals surface area contributed by atoms with Crippen molar-refractivity contribution in [2.24, 2.45) is 5.73 Å². The Labute approximate surface area is 96.9 Å². The van der Waals surface area contributed by atoms with Crippen LogP contribution in [0, 0.1) is 11.6 Å². The molecular formula is C9H10F2N2O3S. The molecule has 0 aliphatic carbocycles. The van der Waals surface area contributed by atoms with Gasteiger partial charge in [-0.1, -0.05) is 0 Å². The molecule has 0 spiro atoms. The van der Waals surface area contributed by atoms with Crippen LogP contribution >= 0.6 is 0 Å². The summed E-state index contributed by atoms with van der Waals surface area (Å²) in [6.45, 7) is -0.584. The first-order valence-electron chi connectivity index (χ1n) is 4.45. The number of carbonyl (C=O) groups excluding carboxylic acids is 1. The first-order valence-corrected chi connectivity index (χ1v) is 5.89. The van der Waals surface area contributed by atoms with Crippen molar-refractivity contribution >= 4 is 15.9 Å². The van der Waals surface area contributed by atoms with E-state index in [9.17, 15) is 22.0 Å². The highest BCUT2D eigenvalue weighted by Crippen LogP contribution is 2.18. The van der Waals surface area contributed by atoms with Gasteiger partial charge in [0.25, 0.3) is 0 Å². The molecule has 1 rings (SSSR count). The van der Waals surface area contributed by atoms with E-state index in [-0.39, 0.29) is 0 Å². The number of sulfonamides is 1. The molecule has 0 aliphatic heterocycles. The summed E-state index contributed by atoms with van der Waals surface area (Å²) in [7, 11) is -3.12. The maximum atomic E-state index is 13.3. The van der Waals surface area contributed by atoms with Gasteiger partial charge in [0.1, 0.15) is 16.5 Å². The molecule has 0 aromatic heterocycles. The van der Waals surface area contributed by atoms with Crippen molar-refractivity contribution in [2.45, 2.75) is 4.90 Å². The zero-order chi connectivity index (χ0) is 13.2. The van der Waals surface area contributed by atoms with Gasteiger partial charge in [0.15, 0.2) is 0 Å². The van der Waals surface area contributed by atoms with E-state index in [2.05, 4.69) is 0 Å². The van der Waals surface area contributed by atoms with E-state index in [4.69, 9.17) is 5.73 Å². The van der Waals surface area contributed by atoms with Crippen molar-refractivity contribution in [2.75, 3.05) is 13.6 Å². The Balaban J connectivity index is 3.17. The van der Waals surface area contributed by atoms with E-state index in [1.807, 2.05) is 0 Å². The normalized spacial score (nSPS) is 11.8. The molecule has 8 heteroatoms. The Morgan fingerprint density at radius 2 is 2.00 bits per heavy atom. The van der Waals surface area contributed by atoms with Gasteiger partial charge in [-0.15, -0.1) is 0 Å². The summed E-state index contributed by atoms with van der Waals surface area (Å²) in [6, 6.07) is 2.05. The third-order valence-corrected chi connectivity index (χ3v) is 3.80. The summed E-state index contributed by atoms with van der Waals surface area (Å²) in [5, 5.41) is 0. The summed E-state index contributed by atoms with van der Waals surface area (Å²) >= 11 is 0. The largest absolute Gasteiger partial charge is 0.369 e. The van der Waals surface area contributed by atoms with Gasteiger partial charge in [0, 0.05) is 13.1 Å². The second-order valence-corrected chi connectivity index (χ2v) is 5.32. The number of carbonyl (C=O) groups is 1. The molecule has 0 saturated carbocycles. The van der Waals surface area contributed by atoms with Crippen molar-refractivity contribution in [3.63, 3.8) is 0 Å². The first-order chi connectivity index (χ1) is 7.75. The summed E-state index contributed by atoms with van der Waals surface area (Å²) in [4.78, 5) is 9.88. The Kier molecular flexibility index (Phi) is 3.79. The zero-order valence-corrected chi connectivity index (χ0v) is 9.67. The predicted octanol–water partition coefficient (Wildman–Crippen LogP) is 0.0706. The Morgan fingerprint density at radius 1 is 1.41 bits per heavy atom. The number of likely N-dealkylation sites (N-methyl/N-ethyl adjacent to an activating group) is 1. The number of hydrogen-bond acceptors (Lipinski definition) is 3. The minimum Gasteiger partial charge on any atom is -0.369 e. The van der Waals surface area contributed by atoms with E-state index >= 15 is 0 Å². The number of rotatable bonds is 4. The maximum absolute atomic E-state index is 13.3. The fraction of sp³-hybridized carbons (Fsp3) is 0.222. The fourth-order valence-electron chi connectivity index (χ4n) is 1.16. The SMILES string of the molecule is CN(CC(N)=O)S(=O)(=O)c1ccc(F)cc1F. The molecule has 0 aliphatic rings. The average Bonchev–Trinajstić information content (AvgIpc) is 2.15. The molecule has 0 radical (unpaired) electrons. The Morgan fingerprint density at radius 3 is 2.47 bits per heavy atom. The van der Waals surface area contributed by atoms with Crippen LogP contribution in [0.2, 0.25) is 0 Å². The monoisotopic (exact) mass is 264 g/mol. The van der Waals surface area contributed by atoms with Crippen LogP contribution in [0.5, 0.6) is 0 Å². The lowest BCUT2D eigenvalue weighted by Gasteiger charge is -2.15. The molecule has 0 saturated heterocycles.